The number of hydrogen-bond donors (Lipinski definition) is 1. The zero-order valence-electron chi connectivity index (χ0n) is 8.90. The first-order chi connectivity index (χ1) is 7.06. The van der Waals surface area contributed by atoms with Crippen LogP contribution in [0.25, 0.3) is 0 Å². The van der Waals surface area contributed by atoms with E-state index in [0.29, 0.717) is 5.56 Å². The van der Waals surface area contributed by atoms with Gasteiger partial charge in [-0.15, -0.1) is 0 Å². The minimum Gasteiger partial charge on any atom is -0.494 e. The molecule has 0 aromatic heterocycles. The van der Waals surface area contributed by atoms with Crippen molar-refractivity contribution in [2.45, 2.75) is 25.8 Å². The molecule has 0 radical (unpaired) electrons. The monoisotopic (exact) mass is 213 g/mol. The molecule has 2 rings (SSSR count). The van der Waals surface area contributed by atoms with E-state index in [4.69, 9.17) is 4.74 Å². The summed E-state index contributed by atoms with van der Waals surface area (Å²) in [5.41, 5.74) is 0.660. The van der Waals surface area contributed by atoms with E-state index in [0.717, 1.165) is 6.07 Å². The van der Waals surface area contributed by atoms with Gasteiger partial charge < -0.3 is 10.1 Å². The summed E-state index contributed by atoms with van der Waals surface area (Å²) in [5, 5.41) is 2.94. The van der Waals surface area contributed by atoms with Crippen LogP contribution in [-0.4, -0.2) is 13.2 Å². The highest BCUT2D eigenvalue weighted by molar-refractivity contribution is 5.63. The minimum atomic E-state index is -0.460. The average molecular weight is 213 g/mol. The summed E-state index contributed by atoms with van der Waals surface area (Å²) >= 11 is 0. The van der Waals surface area contributed by atoms with Gasteiger partial charge in [-0.05, 0) is 6.92 Å². The first kappa shape index (κ1) is 10.2. The molecule has 1 heterocycles. The van der Waals surface area contributed by atoms with Gasteiger partial charge in [0.1, 0.15) is 5.82 Å². The van der Waals surface area contributed by atoms with Crippen LogP contribution in [0.1, 0.15) is 25.3 Å². The predicted octanol–water partition coefficient (Wildman–Crippen LogP) is 2.89. The SMILES string of the molecule is COc1cc(F)c2c(c1F)C(C)C(C)N2. The molecule has 1 aromatic rings. The maximum atomic E-state index is 13.8. The molecule has 1 aliphatic rings. The molecule has 82 valence electrons. The summed E-state index contributed by atoms with van der Waals surface area (Å²) in [5.74, 6) is -1.00. The molecule has 0 saturated heterocycles. The van der Waals surface area contributed by atoms with Gasteiger partial charge in [-0.25, -0.2) is 8.78 Å². The van der Waals surface area contributed by atoms with Gasteiger partial charge in [0.15, 0.2) is 11.6 Å². The van der Waals surface area contributed by atoms with Gasteiger partial charge in [0.2, 0.25) is 0 Å². The molecule has 2 nitrogen and oxygen atoms in total. The Morgan fingerprint density at radius 1 is 1.33 bits per heavy atom. The lowest BCUT2D eigenvalue weighted by Crippen LogP contribution is -2.13. The summed E-state index contributed by atoms with van der Waals surface area (Å²) in [6.45, 7) is 3.77. The topological polar surface area (TPSA) is 21.3 Å². The van der Waals surface area contributed by atoms with Crippen molar-refractivity contribution in [1.82, 2.24) is 0 Å². The van der Waals surface area contributed by atoms with Crippen LogP contribution < -0.4 is 10.1 Å². The van der Waals surface area contributed by atoms with E-state index in [1.54, 1.807) is 0 Å². The molecule has 1 N–H and O–H groups in total. The third kappa shape index (κ3) is 1.35. The van der Waals surface area contributed by atoms with Crippen molar-refractivity contribution >= 4 is 5.69 Å². The highest BCUT2D eigenvalue weighted by Crippen LogP contribution is 2.42. The molecular formula is C11H13F2NO. The number of fused-ring (bicyclic) bond motifs is 1. The van der Waals surface area contributed by atoms with Crippen LogP contribution in [0.2, 0.25) is 0 Å². The number of benzene rings is 1. The molecule has 4 heteroatoms. The Labute approximate surface area is 87.2 Å². The van der Waals surface area contributed by atoms with E-state index in [2.05, 4.69) is 5.32 Å². The second-order valence-electron chi connectivity index (χ2n) is 3.88. The summed E-state index contributed by atoms with van der Waals surface area (Å²) < 4.78 is 32.2. The van der Waals surface area contributed by atoms with Crippen LogP contribution in [0, 0.1) is 11.6 Å². The van der Waals surface area contributed by atoms with Gasteiger partial charge in [-0.1, -0.05) is 6.92 Å². The van der Waals surface area contributed by atoms with E-state index in [-0.39, 0.29) is 23.4 Å². The molecule has 0 bridgehead atoms. The lowest BCUT2D eigenvalue weighted by molar-refractivity contribution is 0.380. The number of hydrogen-bond acceptors (Lipinski definition) is 2. The Balaban J connectivity index is 2.64. The van der Waals surface area contributed by atoms with E-state index in [1.165, 1.54) is 7.11 Å². The maximum Gasteiger partial charge on any atom is 0.170 e. The molecule has 1 aliphatic heterocycles. The Morgan fingerprint density at radius 3 is 2.60 bits per heavy atom. The van der Waals surface area contributed by atoms with Crippen LogP contribution >= 0.6 is 0 Å². The number of halogens is 2. The number of anilines is 1. The van der Waals surface area contributed by atoms with Gasteiger partial charge in [0.05, 0.1) is 12.8 Å². The molecular weight excluding hydrogens is 200 g/mol. The average Bonchev–Trinajstić information content (AvgIpc) is 2.50. The van der Waals surface area contributed by atoms with Gasteiger partial charge in [0.25, 0.3) is 0 Å². The highest BCUT2D eigenvalue weighted by Gasteiger charge is 2.32. The molecule has 1 aromatic carbocycles. The third-order valence-electron chi connectivity index (χ3n) is 3.02. The van der Waals surface area contributed by atoms with E-state index >= 15 is 0 Å². The van der Waals surface area contributed by atoms with Crippen molar-refractivity contribution in [1.29, 1.82) is 0 Å². The van der Waals surface area contributed by atoms with E-state index in [9.17, 15) is 8.78 Å². The molecule has 2 unspecified atom stereocenters. The smallest absolute Gasteiger partial charge is 0.170 e. The van der Waals surface area contributed by atoms with Gasteiger partial charge in [-0.3, -0.25) is 0 Å². The van der Waals surface area contributed by atoms with Crippen LogP contribution in [0.15, 0.2) is 6.07 Å². The van der Waals surface area contributed by atoms with Gasteiger partial charge in [-0.2, -0.15) is 0 Å². The standard InChI is InChI=1S/C11H13F2NO/c1-5-6(2)14-11-7(12)4-8(15-3)10(13)9(5)11/h4-6,14H,1-3H3. The van der Waals surface area contributed by atoms with Crippen molar-refractivity contribution in [2.75, 3.05) is 12.4 Å². The van der Waals surface area contributed by atoms with Crippen LogP contribution in [0.3, 0.4) is 0 Å². The highest BCUT2D eigenvalue weighted by atomic mass is 19.1. The van der Waals surface area contributed by atoms with Gasteiger partial charge >= 0.3 is 0 Å². The number of rotatable bonds is 1. The fraction of sp³-hybridized carbons (Fsp3) is 0.455. The molecule has 0 fully saturated rings. The third-order valence-corrected chi connectivity index (χ3v) is 3.02. The van der Waals surface area contributed by atoms with Crippen molar-refractivity contribution in [3.05, 3.63) is 23.3 Å². The molecule has 0 aliphatic carbocycles. The van der Waals surface area contributed by atoms with E-state index < -0.39 is 11.6 Å². The zero-order valence-corrected chi connectivity index (χ0v) is 8.90. The van der Waals surface area contributed by atoms with E-state index in [1.807, 2.05) is 13.8 Å². The predicted molar refractivity (Wildman–Crippen MR) is 54.4 cm³/mol. The minimum absolute atomic E-state index is 0.0333. The summed E-state index contributed by atoms with van der Waals surface area (Å²) in [6.07, 6.45) is 0. The number of ether oxygens (including phenoxy) is 1. The Morgan fingerprint density at radius 2 is 2.00 bits per heavy atom. The first-order valence-corrected chi connectivity index (χ1v) is 4.88. The second-order valence-corrected chi connectivity index (χ2v) is 3.88. The number of methoxy groups -OCH3 is 1. The van der Waals surface area contributed by atoms with Crippen LogP contribution in [-0.2, 0) is 0 Å². The zero-order chi connectivity index (χ0) is 11.2. The quantitative estimate of drug-likeness (QED) is 0.774. The fourth-order valence-corrected chi connectivity index (χ4v) is 1.95. The number of nitrogens with one attached hydrogen (secondary N) is 1. The van der Waals surface area contributed by atoms with Crippen molar-refractivity contribution in [3.8, 4) is 5.75 Å². The Bertz CT molecular complexity index is 406. The lowest BCUT2D eigenvalue weighted by Gasteiger charge is -2.10. The van der Waals surface area contributed by atoms with Crippen molar-refractivity contribution in [2.24, 2.45) is 0 Å². The van der Waals surface area contributed by atoms with Crippen LogP contribution in [0.4, 0.5) is 14.5 Å². The second kappa shape index (κ2) is 3.36. The van der Waals surface area contributed by atoms with Crippen molar-refractivity contribution in [3.63, 3.8) is 0 Å². The molecule has 15 heavy (non-hydrogen) atoms. The van der Waals surface area contributed by atoms with Crippen molar-refractivity contribution < 1.29 is 13.5 Å². The summed E-state index contributed by atoms with van der Waals surface area (Å²) in [4.78, 5) is 0. The Hall–Kier alpha value is -1.32. The van der Waals surface area contributed by atoms with Crippen LogP contribution in [0.5, 0.6) is 5.75 Å². The Kier molecular flexibility index (Phi) is 2.29. The molecule has 0 saturated carbocycles. The lowest BCUT2D eigenvalue weighted by atomic mass is 9.97. The molecule has 2 atom stereocenters. The molecule has 0 spiro atoms. The normalized spacial score (nSPS) is 23.5. The molecule has 0 amide bonds. The van der Waals surface area contributed by atoms with Gasteiger partial charge in [0, 0.05) is 23.6 Å². The summed E-state index contributed by atoms with van der Waals surface area (Å²) in [6, 6.07) is 1.11. The first-order valence-electron chi connectivity index (χ1n) is 4.88. The largest absolute Gasteiger partial charge is 0.494 e. The maximum absolute atomic E-state index is 13.8. The summed E-state index contributed by atoms with van der Waals surface area (Å²) in [7, 11) is 1.33. The fourth-order valence-electron chi connectivity index (χ4n) is 1.95.